The molecule has 7 aromatic rings. The number of nitriles is 2. The van der Waals surface area contributed by atoms with Crippen molar-refractivity contribution in [1.29, 1.82) is 10.5 Å². The summed E-state index contributed by atoms with van der Waals surface area (Å²) in [4.78, 5) is 28.5. The van der Waals surface area contributed by atoms with Gasteiger partial charge in [0.05, 0.1) is 62.8 Å². The highest BCUT2D eigenvalue weighted by atomic mass is 16.5. The summed E-state index contributed by atoms with van der Waals surface area (Å²) in [6.07, 6.45) is 1.93. The lowest BCUT2D eigenvalue weighted by Gasteiger charge is -2.35. The highest BCUT2D eigenvalue weighted by Crippen LogP contribution is 2.58. The average molecular weight is 813 g/mol. The lowest BCUT2D eigenvalue weighted by atomic mass is 9.68. The first-order chi connectivity index (χ1) is 30.3. The van der Waals surface area contributed by atoms with Crippen LogP contribution in [-0.4, -0.2) is 40.4 Å². The van der Waals surface area contributed by atoms with Gasteiger partial charge in [-0.15, -0.1) is 0 Å². The topological polar surface area (TPSA) is 119 Å². The largest absolute Gasteiger partial charge is 0.495 e. The molecule has 2 aliphatic rings. The Bertz CT molecular complexity index is 2820. The molecule has 62 heavy (non-hydrogen) atoms. The number of carbonyl (C=O) groups excluding carboxylic acids is 2. The molecule has 0 bridgehead atoms. The van der Waals surface area contributed by atoms with Crippen molar-refractivity contribution in [2.45, 2.75) is 25.7 Å². The fourth-order valence-electron chi connectivity index (χ4n) is 9.55. The molecule has 0 aromatic heterocycles. The summed E-state index contributed by atoms with van der Waals surface area (Å²) in [6.45, 7) is 0. The number of methoxy groups -OCH3 is 4. The van der Waals surface area contributed by atoms with Crippen LogP contribution in [0.15, 0.2) is 121 Å². The summed E-state index contributed by atoms with van der Waals surface area (Å²) in [7, 11) is 6.01. The second kappa shape index (κ2) is 16.3. The lowest BCUT2D eigenvalue weighted by Crippen LogP contribution is -2.24. The van der Waals surface area contributed by atoms with E-state index < -0.39 is 11.9 Å². The first kappa shape index (κ1) is 39.5. The summed E-state index contributed by atoms with van der Waals surface area (Å²) >= 11 is 0. The molecular formula is C54H40N2O6. The molecule has 2 aliphatic carbocycles. The number of fused-ring (bicyclic) bond motifs is 7. The third-order valence-electron chi connectivity index (χ3n) is 12.2. The van der Waals surface area contributed by atoms with E-state index in [4.69, 9.17) is 18.9 Å². The van der Waals surface area contributed by atoms with E-state index >= 15 is 0 Å². The van der Waals surface area contributed by atoms with Crippen molar-refractivity contribution in [2.24, 2.45) is 0 Å². The third-order valence-corrected chi connectivity index (χ3v) is 12.2. The number of aryl methyl sites for hydroxylation is 2. The maximum absolute atomic E-state index is 14.3. The highest BCUT2D eigenvalue weighted by molar-refractivity contribution is 6.14. The number of nitrogens with zero attached hydrogens (tertiary/aromatic N) is 2. The molecule has 8 heteroatoms. The van der Waals surface area contributed by atoms with E-state index in [0.717, 1.165) is 77.9 Å². The third kappa shape index (κ3) is 6.36. The van der Waals surface area contributed by atoms with Gasteiger partial charge >= 0.3 is 11.9 Å². The first-order valence-electron chi connectivity index (χ1n) is 20.3. The molecule has 8 nitrogen and oxygen atoms in total. The van der Waals surface area contributed by atoms with Gasteiger partial charge in [0.2, 0.25) is 0 Å². The van der Waals surface area contributed by atoms with Gasteiger partial charge in [0.25, 0.3) is 0 Å². The molecule has 0 amide bonds. The van der Waals surface area contributed by atoms with Gasteiger partial charge in [-0.2, -0.15) is 10.5 Å². The molecule has 0 spiro atoms. The molecule has 0 fully saturated rings. The molecule has 0 atom stereocenters. The summed E-state index contributed by atoms with van der Waals surface area (Å²) in [5.74, 6) is 0.0354. The van der Waals surface area contributed by atoms with E-state index in [0.29, 0.717) is 59.4 Å². The number of carbonyl (C=O) groups is 2. The Hall–Kier alpha value is -7.94. The van der Waals surface area contributed by atoms with Crippen LogP contribution in [-0.2, 0) is 35.2 Å². The minimum Gasteiger partial charge on any atom is -0.495 e. The minimum absolute atomic E-state index is 0.207. The average Bonchev–Trinajstić information content (AvgIpc) is 3.34. The molecule has 302 valence electrons. The van der Waals surface area contributed by atoms with Crippen molar-refractivity contribution < 1.29 is 28.5 Å². The molecule has 9 rings (SSSR count). The van der Waals surface area contributed by atoms with Crippen LogP contribution < -0.4 is 9.47 Å². The predicted molar refractivity (Wildman–Crippen MR) is 239 cm³/mol. The number of hydrogen-bond acceptors (Lipinski definition) is 8. The standard InChI is InChI=1S/C54H40N2O6/c1-59-51-41(33-19-15-31(29-55)16-20-33)27-37-23-25-39-47(43(37)45(51)35-11-7-5-8-12-35)48-40(50(54(58)62-4)49(39)53(57)61-3)26-24-38-28-42(34-21-17-32(30-56)18-22-34)52(60-2)46(44(38)48)36-13-9-6-10-14-36/h5-22,27-28H,23-26H2,1-4H3. The van der Waals surface area contributed by atoms with Crippen LogP contribution in [0.5, 0.6) is 11.5 Å². The summed E-state index contributed by atoms with van der Waals surface area (Å²) in [5, 5.41) is 19.2. The van der Waals surface area contributed by atoms with E-state index in [1.807, 2.05) is 60.7 Å². The monoisotopic (exact) mass is 812 g/mol. The minimum atomic E-state index is -0.613. The number of hydrogen-bond donors (Lipinski definition) is 0. The van der Waals surface area contributed by atoms with E-state index in [1.54, 1.807) is 38.5 Å². The van der Waals surface area contributed by atoms with Gasteiger partial charge in [0.1, 0.15) is 11.5 Å². The van der Waals surface area contributed by atoms with Crippen molar-refractivity contribution in [3.63, 3.8) is 0 Å². The first-order valence-corrected chi connectivity index (χ1v) is 20.3. The summed E-state index contributed by atoms with van der Waals surface area (Å²) < 4.78 is 23.9. The van der Waals surface area contributed by atoms with Gasteiger partial charge in [-0.1, -0.05) is 84.9 Å². The molecule has 0 heterocycles. The molecule has 7 aromatic carbocycles. The normalized spacial score (nSPS) is 12.0. The quantitative estimate of drug-likeness (QED) is 0.139. The second-order valence-electron chi connectivity index (χ2n) is 15.3. The second-order valence-corrected chi connectivity index (χ2v) is 15.3. The smallest absolute Gasteiger partial charge is 0.339 e. The van der Waals surface area contributed by atoms with Crippen LogP contribution in [0, 0.1) is 22.7 Å². The Kier molecular flexibility index (Phi) is 10.4. The number of esters is 2. The van der Waals surface area contributed by atoms with Gasteiger partial charge in [-0.3, -0.25) is 0 Å². The van der Waals surface area contributed by atoms with E-state index in [2.05, 4.69) is 48.5 Å². The number of benzene rings is 7. The van der Waals surface area contributed by atoms with Crippen LogP contribution in [0.1, 0.15) is 54.1 Å². The van der Waals surface area contributed by atoms with Crippen LogP contribution in [0.4, 0.5) is 0 Å². The van der Waals surface area contributed by atoms with Crippen LogP contribution in [0.3, 0.4) is 0 Å². The lowest BCUT2D eigenvalue weighted by molar-refractivity contribution is 0.0553. The van der Waals surface area contributed by atoms with Crippen LogP contribution >= 0.6 is 0 Å². The van der Waals surface area contributed by atoms with Gasteiger partial charge in [0.15, 0.2) is 0 Å². The van der Waals surface area contributed by atoms with Crippen molar-refractivity contribution in [3.05, 3.63) is 166 Å². The summed E-state index contributed by atoms with van der Waals surface area (Å²) in [5.41, 5.74) is 15.4. The van der Waals surface area contributed by atoms with Crippen molar-refractivity contribution in [3.8, 4) is 90.4 Å². The van der Waals surface area contributed by atoms with E-state index in [9.17, 15) is 20.1 Å². The van der Waals surface area contributed by atoms with Crippen LogP contribution in [0.25, 0.3) is 66.8 Å². The molecule has 0 unspecified atom stereocenters. The maximum atomic E-state index is 14.3. The Morgan fingerprint density at radius 2 is 0.823 bits per heavy atom. The zero-order chi connectivity index (χ0) is 43.1. The summed E-state index contributed by atoms with van der Waals surface area (Å²) in [6, 6.07) is 43.9. The Balaban J connectivity index is 1.49. The number of rotatable bonds is 8. The zero-order valence-electron chi connectivity index (χ0n) is 34.7. The fraction of sp³-hybridized carbons (Fsp3) is 0.148. The fourth-order valence-corrected chi connectivity index (χ4v) is 9.55. The Morgan fingerprint density at radius 3 is 1.15 bits per heavy atom. The molecule has 0 saturated carbocycles. The van der Waals surface area contributed by atoms with Crippen molar-refractivity contribution in [2.75, 3.05) is 28.4 Å². The Morgan fingerprint density at radius 1 is 0.452 bits per heavy atom. The van der Waals surface area contributed by atoms with E-state index in [1.165, 1.54) is 14.2 Å². The molecule has 0 N–H and O–H groups in total. The van der Waals surface area contributed by atoms with Gasteiger partial charge in [0, 0.05) is 22.3 Å². The SMILES string of the molecule is COC(=O)c1c2c(c3c(c1C(=O)OC)CCc1cc(-c4ccc(C#N)cc4)c(OC)c(-c4ccccc4)c1-3)-c1c(cc(-c3ccc(C#N)cc3)c(OC)c1-c1ccccc1)CC2. The van der Waals surface area contributed by atoms with Gasteiger partial charge < -0.3 is 18.9 Å². The highest BCUT2D eigenvalue weighted by Gasteiger charge is 2.40. The molecular weight excluding hydrogens is 773 g/mol. The molecule has 0 radical (unpaired) electrons. The van der Waals surface area contributed by atoms with E-state index in [-0.39, 0.29) is 11.1 Å². The predicted octanol–water partition coefficient (Wildman–Crippen LogP) is 11.2. The maximum Gasteiger partial charge on any atom is 0.339 e. The molecule has 0 saturated heterocycles. The van der Waals surface area contributed by atoms with Gasteiger partial charge in [-0.25, -0.2) is 9.59 Å². The Labute approximate surface area is 360 Å². The van der Waals surface area contributed by atoms with Crippen molar-refractivity contribution >= 4 is 11.9 Å². The molecule has 0 aliphatic heterocycles. The van der Waals surface area contributed by atoms with Gasteiger partial charge in [-0.05, 0) is 129 Å². The van der Waals surface area contributed by atoms with Crippen LogP contribution in [0.2, 0.25) is 0 Å². The number of ether oxygens (including phenoxy) is 4. The zero-order valence-corrected chi connectivity index (χ0v) is 34.7. The van der Waals surface area contributed by atoms with Crippen molar-refractivity contribution in [1.82, 2.24) is 0 Å².